The van der Waals surface area contributed by atoms with E-state index in [-0.39, 0.29) is 18.3 Å². The van der Waals surface area contributed by atoms with Crippen molar-refractivity contribution in [2.45, 2.75) is 39.8 Å². The Balaban J connectivity index is 1.95. The number of rotatable bonds is 7. The standard InChI is InChI=1S/C19H22F2N2O2/c1-3-14-6-5-7-15(4-2)17(14)23-19(24)22-12-13-8-10-16(11-9-13)25-18(20)21/h5-11,18H,3-4,12H2,1-2H3,(H2,22,23,24). The topological polar surface area (TPSA) is 50.4 Å². The lowest BCUT2D eigenvalue weighted by molar-refractivity contribution is -0.0498. The monoisotopic (exact) mass is 348 g/mol. The van der Waals surface area contributed by atoms with E-state index in [1.807, 2.05) is 32.0 Å². The third kappa shape index (κ3) is 5.45. The molecule has 0 bridgehead atoms. The predicted octanol–water partition coefficient (Wildman–Crippen LogP) is 4.73. The lowest BCUT2D eigenvalue weighted by Gasteiger charge is -2.15. The summed E-state index contributed by atoms with van der Waals surface area (Å²) in [5.74, 6) is 0.0904. The van der Waals surface area contributed by atoms with Crippen molar-refractivity contribution in [2.24, 2.45) is 0 Å². The Morgan fingerprint density at radius 3 is 2.16 bits per heavy atom. The van der Waals surface area contributed by atoms with E-state index in [2.05, 4.69) is 15.4 Å². The number of anilines is 1. The van der Waals surface area contributed by atoms with E-state index in [4.69, 9.17) is 0 Å². The maximum atomic E-state index is 12.2. The van der Waals surface area contributed by atoms with Gasteiger partial charge in [-0.15, -0.1) is 0 Å². The Morgan fingerprint density at radius 1 is 1.04 bits per heavy atom. The van der Waals surface area contributed by atoms with Gasteiger partial charge in [-0.2, -0.15) is 8.78 Å². The van der Waals surface area contributed by atoms with Crippen molar-refractivity contribution in [3.63, 3.8) is 0 Å². The average Bonchev–Trinajstić information content (AvgIpc) is 2.60. The van der Waals surface area contributed by atoms with E-state index >= 15 is 0 Å². The van der Waals surface area contributed by atoms with Crippen LogP contribution in [-0.4, -0.2) is 12.6 Å². The third-order valence-corrected chi connectivity index (χ3v) is 3.84. The molecule has 2 N–H and O–H groups in total. The number of halogens is 2. The summed E-state index contributed by atoms with van der Waals surface area (Å²) < 4.78 is 28.5. The number of nitrogens with one attached hydrogen (secondary N) is 2. The molecule has 2 amide bonds. The summed E-state index contributed by atoms with van der Waals surface area (Å²) in [7, 11) is 0. The van der Waals surface area contributed by atoms with Gasteiger partial charge in [-0.05, 0) is 41.7 Å². The van der Waals surface area contributed by atoms with Crippen molar-refractivity contribution in [1.82, 2.24) is 5.32 Å². The molecule has 0 saturated carbocycles. The van der Waals surface area contributed by atoms with Crippen LogP contribution in [0.4, 0.5) is 19.3 Å². The summed E-state index contributed by atoms with van der Waals surface area (Å²) in [4.78, 5) is 12.2. The van der Waals surface area contributed by atoms with Gasteiger partial charge < -0.3 is 15.4 Å². The van der Waals surface area contributed by atoms with Crippen molar-refractivity contribution in [3.05, 3.63) is 59.2 Å². The summed E-state index contributed by atoms with van der Waals surface area (Å²) in [5, 5.41) is 5.69. The van der Waals surface area contributed by atoms with Gasteiger partial charge in [0, 0.05) is 12.2 Å². The smallest absolute Gasteiger partial charge is 0.387 e. The lowest BCUT2D eigenvalue weighted by Crippen LogP contribution is -2.29. The van der Waals surface area contributed by atoms with Crippen LogP contribution < -0.4 is 15.4 Å². The molecule has 2 aromatic rings. The molecule has 0 fully saturated rings. The van der Waals surface area contributed by atoms with E-state index in [1.54, 1.807) is 12.1 Å². The number of hydrogen-bond donors (Lipinski definition) is 2. The highest BCUT2D eigenvalue weighted by Crippen LogP contribution is 2.22. The molecule has 4 nitrogen and oxygen atoms in total. The van der Waals surface area contributed by atoms with Crippen molar-refractivity contribution in [3.8, 4) is 5.75 Å². The number of para-hydroxylation sites is 1. The van der Waals surface area contributed by atoms with Gasteiger partial charge in [0.15, 0.2) is 0 Å². The highest BCUT2D eigenvalue weighted by Gasteiger charge is 2.10. The van der Waals surface area contributed by atoms with Crippen LogP contribution in [0.2, 0.25) is 0 Å². The van der Waals surface area contributed by atoms with E-state index in [1.165, 1.54) is 12.1 Å². The molecule has 25 heavy (non-hydrogen) atoms. The Kier molecular flexibility index (Phi) is 6.74. The fourth-order valence-corrected chi connectivity index (χ4v) is 2.53. The SMILES string of the molecule is CCc1cccc(CC)c1NC(=O)NCc1ccc(OC(F)F)cc1. The minimum Gasteiger partial charge on any atom is -0.435 e. The zero-order valence-corrected chi connectivity index (χ0v) is 14.3. The molecule has 0 aromatic heterocycles. The first kappa shape index (κ1) is 18.7. The van der Waals surface area contributed by atoms with Crippen molar-refractivity contribution >= 4 is 11.7 Å². The fraction of sp³-hybridized carbons (Fsp3) is 0.316. The molecule has 0 spiro atoms. The fourth-order valence-electron chi connectivity index (χ4n) is 2.53. The lowest BCUT2D eigenvalue weighted by atomic mass is 10.0. The number of urea groups is 1. The van der Waals surface area contributed by atoms with Gasteiger partial charge in [0.05, 0.1) is 0 Å². The second kappa shape index (κ2) is 9.01. The molecule has 134 valence electrons. The second-order valence-corrected chi connectivity index (χ2v) is 5.49. The van der Waals surface area contributed by atoms with E-state index < -0.39 is 6.61 Å². The van der Waals surface area contributed by atoms with Crippen LogP contribution in [0.5, 0.6) is 5.75 Å². The molecule has 0 saturated heterocycles. The molecule has 0 radical (unpaired) electrons. The third-order valence-electron chi connectivity index (χ3n) is 3.84. The number of carbonyl (C=O) groups excluding carboxylic acids is 1. The van der Waals surface area contributed by atoms with Gasteiger partial charge in [0.1, 0.15) is 5.75 Å². The quantitative estimate of drug-likeness (QED) is 0.760. The van der Waals surface area contributed by atoms with Crippen LogP contribution >= 0.6 is 0 Å². The first-order valence-electron chi connectivity index (χ1n) is 8.22. The number of hydrogen-bond acceptors (Lipinski definition) is 2. The zero-order chi connectivity index (χ0) is 18.2. The molecule has 0 atom stereocenters. The second-order valence-electron chi connectivity index (χ2n) is 5.49. The molecule has 2 aromatic carbocycles. The van der Waals surface area contributed by atoms with Gasteiger partial charge in [0.2, 0.25) is 0 Å². The zero-order valence-electron chi connectivity index (χ0n) is 14.3. The molecule has 0 aliphatic heterocycles. The first-order chi connectivity index (χ1) is 12.0. The normalized spacial score (nSPS) is 10.6. The van der Waals surface area contributed by atoms with Crippen molar-refractivity contribution < 1.29 is 18.3 Å². The maximum absolute atomic E-state index is 12.2. The van der Waals surface area contributed by atoms with Crippen LogP contribution in [0.1, 0.15) is 30.5 Å². The number of amides is 2. The first-order valence-corrected chi connectivity index (χ1v) is 8.22. The average molecular weight is 348 g/mol. The minimum atomic E-state index is -2.85. The number of benzene rings is 2. The summed E-state index contributed by atoms with van der Waals surface area (Å²) in [5.41, 5.74) is 3.81. The molecule has 2 rings (SSSR count). The number of alkyl halides is 2. The highest BCUT2D eigenvalue weighted by atomic mass is 19.3. The van der Waals surface area contributed by atoms with Gasteiger partial charge >= 0.3 is 12.6 Å². The number of ether oxygens (including phenoxy) is 1. The maximum Gasteiger partial charge on any atom is 0.387 e. The Bertz CT molecular complexity index is 681. The van der Waals surface area contributed by atoms with E-state index in [9.17, 15) is 13.6 Å². The van der Waals surface area contributed by atoms with E-state index in [0.717, 1.165) is 35.2 Å². The van der Waals surface area contributed by atoms with Gasteiger partial charge in [-0.1, -0.05) is 44.2 Å². The Labute approximate surface area is 146 Å². The van der Waals surface area contributed by atoms with Crippen LogP contribution in [0.15, 0.2) is 42.5 Å². The molecule has 0 aliphatic rings. The van der Waals surface area contributed by atoms with Crippen molar-refractivity contribution in [2.75, 3.05) is 5.32 Å². The Hall–Kier alpha value is -2.63. The van der Waals surface area contributed by atoms with Gasteiger partial charge in [-0.3, -0.25) is 0 Å². The predicted molar refractivity (Wildman–Crippen MR) is 94.1 cm³/mol. The van der Waals surface area contributed by atoms with Crippen LogP contribution in [0.3, 0.4) is 0 Å². The highest BCUT2D eigenvalue weighted by molar-refractivity contribution is 5.91. The largest absolute Gasteiger partial charge is 0.435 e. The number of carbonyl (C=O) groups is 1. The van der Waals surface area contributed by atoms with E-state index in [0.29, 0.717) is 0 Å². The molecular weight excluding hydrogens is 326 g/mol. The van der Waals surface area contributed by atoms with Crippen molar-refractivity contribution in [1.29, 1.82) is 0 Å². The van der Waals surface area contributed by atoms with Crippen LogP contribution in [0, 0.1) is 0 Å². The van der Waals surface area contributed by atoms with Crippen LogP contribution in [0.25, 0.3) is 0 Å². The molecule has 0 aliphatic carbocycles. The summed E-state index contributed by atoms with van der Waals surface area (Å²) >= 11 is 0. The van der Waals surface area contributed by atoms with Gasteiger partial charge in [-0.25, -0.2) is 4.79 Å². The number of aryl methyl sites for hydroxylation is 2. The Morgan fingerprint density at radius 2 is 1.64 bits per heavy atom. The van der Waals surface area contributed by atoms with Crippen LogP contribution in [-0.2, 0) is 19.4 Å². The molecular formula is C19H22F2N2O2. The summed E-state index contributed by atoms with van der Waals surface area (Å²) in [6.45, 7) is 1.53. The molecule has 6 heteroatoms. The molecule has 0 unspecified atom stereocenters. The minimum absolute atomic E-state index is 0.0904. The van der Waals surface area contributed by atoms with Gasteiger partial charge in [0.25, 0.3) is 0 Å². The summed E-state index contributed by atoms with van der Waals surface area (Å²) in [6, 6.07) is 11.8. The molecule has 0 heterocycles. The summed E-state index contributed by atoms with van der Waals surface area (Å²) in [6.07, 6.45) is 1.66.